The lowest BCUT2D eigenvalue weighted by molar-refractivity contribution is 0.587. The van der Waals surface area contributed by atoms with Gasteiger partial charge in [0, 0.05) is 8.07 Å². The van der Waals surface area contributed by atoms with Crippen LogP contribution in [0.5, 0.6) is 0 Å². The van der Waals surface area contributed by atoms with Crippen molar-refractivity contribution < 1.29 is 8.42 Å². The second kappa shape index (κ2) is 4.71. The predicted molar refractivity (Wildman–Crippen MR) is 71.2 cm³/mol. The van der Waals surface area contributed by atoms with Crippen LogP contribution in [-0.2, 0) is 9.84 Å². The molecule has 1 aromatic rings. The largest absolute Gasteiger partial charge is 0.223 e. The highest BCUT2D eigenvalue weighted by molar-refractivity contribution is 7.92. The third-order valence-corrected chi connectivity index (χ3v) is 6.79. The Kier molecular flexibility index (Phi) is 3.96. The van der Waals surface area contributed by atoms with Crippen molar-refractivity contribution in [2.24, 2.45) is 0 Å². The molecule has 0 aliphatic heterocycles. The summed E-state index contributed by atoms with van der Waals surface area (Å²) in [6, 6.07) is 9.54. The van der Waals surface area contributed by atoms with Gasteiger partial charge in [-0.15, -0.1) is 0 Å². The van der Waals surface area contributed by atoms with E-state index in [1.807, 2.05) is 13.0 Å². The third kappa shape index (κ3) is 3.45. The lowest BCUT2D eigenvalue weighted by atomic mass is 10.4. The zero-order valence-corrected chi connectivity index (χ0v) is 12.2. The van der Waals surface area contributed by atoms with Gasteiger partial charge in [-0.3, -0.25) is 0 Å². The lowest BCUT2D eigenvalue weighted by Crippen LogP contribution is -2.30. The van der Waals surface area contributed by atoms with E-state index in [0.717, 1.165) is 6.04 Å². The monoisotopic (exact) mass is 256 g/mol. The van der Waals surface area contributed by atoms with Crippen molar-refractivity contribution in [3.63, 3.8) is 0 Å². The molecule has 0 saturated carbocycles. The van der Waals surface area contributed by atoms with Crippen molar-refractivity contribution in [1.82, 2.24) is 0 Å². The molecule has 16 heavy (non-hydrogen) atoms. The molecule has 0 aliphatic carbocycles. The smallest absolute Gasteiger partial charge is 0.180 e. The molecule has 2 nitrogen and oxygen atoms in total. The van der Waals surface area contributed by atoms with Crippen LogP contribution in [-0.4, -0.2) is 21.7 Å². The molecule has 0 N–H and O–H groups in total. The van der Waals surface area contributed by atoms with Gasteiger partial charge in [0.1, 0.15) is 0 Å². The number of benzene rings is 1. The normalized spacial score (nSPS) is 14.8. The average molecular weight is 256 g/mol. The van der Waals surface area contributed by atoms with E-state index in [2.05, 4.69) is 19.6 Å². The third-order valence-electron chi connectivity index (χ3n) is 2.50. The van der Waals surface area contributed by atoms with Crippen LogP contribution >= 0.6 is 0 Å². The Bertz CT molecular complexity index is 432. The first-order chi connectivity index (χ1) is 7.23. The molecule has 90 valence electrons. The van der Waals surface area contributed by atoms with E-state index in [-0.39, 0.29) is 5.25 Å². The summed E-state index contributed by atoms with van der Waals surface area (Å²) in [5, 5.41) is -0.276. The van der Waals surface area contributed by atoms with Gasteiger partial charge in [0.25, 0.3) is 0 Å². The van der Waals surface area contributed by atoms with Gasteiger partial charge in [0.05, 0.1) is 10.1 Å². The number of sulfone groups is 1. The SMILES string of the molecule is CC(C[Si](C)(C)C)S(=O)(=O)c1ccccc1. The Morgan fingerprint density at radius 1 is 1.12 bits per heavy atom. The second-order valence-corrected chi connectivity index (χ2v) is 13.3. The summed E-state index contributed by atoms with van der Waals surface area (Å²) in [6.07, 6.45) is 0. The molecule has 1 atom stereocenters. The highest BCUT2D eigenvalue weighted by Crippen LogP contribution is 2.22. The molecule has 4 heteroatoms. The van der Waals surface area contributed by atoms with E-state index in [9.17, 15) is 8.42 Å². The van der Waals surface area contributed by atoms with Gasteiger partial charge >= 0.3 is 0 Å². The molecular weight excluding hydrogens is 236 g/mol. The van der Waals surface area contributed by atoms with E-state index < -0.39 is 17.9 Å². The van der Waals surface area contributed by atoms with Crippen LogP contribution in [0.3, 0.4) is 0 Å². The van der Waals surface area contributed by atoms with E-state index in [4.69, 9.17) is 0 Å². The van der Waals surface area contributed by atoms with Crippen LogP contribution in [0.2, 0.25) is 25.7 Å². The van der Waals surface area contributed by atoms with Gasteiger partial charge in [-0.05, 0) is 25.1 Å². The summed E-state index contributed by atoms with van der Waals surface area (Å²) in [7, 11) is -4.48. The van der Waals surface area contributed by atoms with Gasteiger partial charge in [-0.2, -0.15) is 0 Å². The Labute approximate surface area is 99.6 Å². The lowest BCUT2D eigenvalue weighted by Gasteiger charge is -2.21. The average Bonchev–Trinajstić information content (AvgIpc) is 2.16. The molecule has 0 amide bonds. The minimum Gasteiger partial charge on any atom is -0.223 e. The Balaban J connectivity index is 2.96. The van der Waals surface area contributed by atoms with Crippen LogP contribution in [0.1, 0.15) is 6.92 Å². The van der Waals surface area contributed by atoms with Crippen LogP contribution in [0, 0.1) is 0 Å². The highest BCUT2D eigenvalue weighted by Gasteiger charge is 2.28. The van der Waals surface area contributed by atoms with E-state index in [1.165, 1.54) is 0 Å². The molecule has 0 bridgehead atoms. The van der Waals surface area contributed by atoms with Crippen LogP contribution in [0.25, 0.3) is 0 Å². The highest BCUT2D eigenvalue weighted by atomic mass is 32.2. The first kappa shape index (κ1) is 13.5. The summed E-state index contributed by atoms with van der Waals surface area (Å²) in [4.78, 5) is 0.445. The van der Waals surface area contributed by atoms with Gasteiger partial charge < -0.3 is 0 Å². The van der Waals surface area contributed by atoms with Gasteiger partial charge in [-0.25, -0.2) is 8.42 Å². The van der Waals surface area contributed by atoms with Crippen molar-refractivity contribution >= 4 is 17.9 Å². The molecular formula is C12H20O2SSi. The molecule has 0 spiro atoms. The summed E-state index contributed by atoms with van der Waals surface area (Å²) in [6.45, 7) is 8.42. The summed E-state index contributed by atoms with van der Waals surface area (Å²) < 4.78 is 24.5. The zero-order chi connectivity index (χ0) is 12.4. The Morgan fingerprint density at radius 3 is 2.06 bits per heavy atom. The van der Waals surface area contributed by atoms with Crippen molar-refractivity contribution in [2.75, 3.05) is 0 Å². The van der Waals surface area contributed by atoms with Gasteiger partial charge in [0.2, 0.25) is 0 Å². The molecule has 0 fully saturated rings. The second-order valence-electron chi connectivity index (χ2n) is 5.43. The summed E-state index contributed by atoms with van der Waals surface area (Å²) in [5.74, 6) is 0. The molecule has 1 aromatic carbocycles. The van der Waals surface area contributed by atoms with Crippen LogP contribution < -0.4 is 0 Å². The molecule has 0 saturated heterocycles. The fraction of sp³-hybridized carbons (Fsp3) is 0.500. The van der Waals surface area contributed by atoms with E-state index in [1.54, 1.807) is 24.3 Å². The molecule has 1 unspecified atom stereocenters. The van der Waals surface area contributed by atoms with E-state index >= 15 is 0 Å². The van der Waals surface area contributed by atoms with Crippen molar-refractivity contribution in [1.29, 1.82) is 0 Å². The minimum absolute atomic E-state index is 0.276. The molecule has 0 aromatic heterocycles. The number of hydrogen-bond acceptors (Lipinski definition) is 2. The standard InChI is InChI=1S/C12H20O2SSi/c1-11(10-16(2,3)4)15(13,14)12-8-6-5-7-9-12/h5-9,11H,10H2,1-4H3. The Hall–Kier alpha value is -0.613. The molecule has 1 rings (SSSR count). The minimum atomic E-state index is -3.14. The maximum Gasteiger partial charge on any atom is 0.180 e. The van der Waals surface area contributed by atoms with E-state index in [0.29, 0.717) is 4.90 Å². The first-order valence-electron chi connectivity index (χ1n) is 5.52. The number of rotatable bonds is 4. The van der Waals surface area contributed by atoms with Gasteiger partial charge in [0.15, 0.2) is 9.84 Å². The fourth-order valence-electron chi connectivity index (χ4n) is 1.81. The predicted octanol–water partition coefficient (Wildman–Crippen LogP) is 3.19. The van der Waals surface area contributed by atoms with Crippen LogP contribution in [0.15, 0.2) is 35.2 Å². The molecule has 0 heterocycles. The number of hydrogen-bond donors (Lipinski definition) is 0. The zero-order valence-electron chi connectivity index (χ0n) is 10.4. The van der Waals surface area contributed by atoms with Crippen molar-refractivity contribution in [3.05, 3.63) is 30.3 Å². The van der Waals surface area contributed by atoms with Gasteiger partial charge in [-0.1, -0.05) is 37.8 Å². The summed E-state index contributed by atoms with van der Waals surface area (Å²) in [5.41, 5.74) is 0. The topological polar surface area (TPSA) is 34.1 Å². The van der Waals surface area contributed by atoms with Crippen molar-refractivity contribution in [3.8, 4) is 0 Å². The maximum absolute atomic E-state index is 12.2. The molecule has 0 radical (unpaired) electrons. The Morgan fingerprint density at radius 2 is 1.62 bits per heavy atom. The molecule has 0 aliphatic rings. The van der Waals surface area contributed by atoms with Crippen LogP contribution in [0.4, 0.5) is 0 Å². The first-order valence-corrected chi connectivity index (χ1v) is 10.8. The fourth-order valence-corrected chi connectivity index (χ4v) is 6.92. The summed E-state index contributed by atoms with van der Waals surface area (Å²) >= 11 is 0. The van der Waals surface area contributed by atoms with Crippen molar-refractivity contribution in [2.45, 2.75) is 42.8 Å². The quantitative estimate of drug-likeness (QED) is 0.775. The maximum atomic E-state index is 12.2.